The van der Waals surface area contributed by atoms with Crippen LogP contribution >= 0.6 is 15.9 Å². The molecule has 1 atom stereocenters. The molecule has 1 aliphatic heterocycles. The van der Waals surface area contributed by atoms with Crippen molar-refractivity contribution in [3.8, 4) is 0 Å². The van der Waals surface area contributed by atoms with E-state index in [2.05, 4.69) is 15.9 Å². The van der Waals surface area contributed by atoms with Gasteiger partial charge in [-0.1, -0.05) is 15.9 Å². The Hall–Kier alpha value is -0.870. The maximum Gasteiger partial charge on any atom is 0.253 e. The van der Waals surface area contributed by atoms with Crippen molar-refractivity contribution in [3.05, 3.63) is 34.3 Å². The zero-order valence-corrected chi connectivity index (χ0v) is 11.4. The summed E-state index contributed by atoms with van der Waals surface area (Å²) in [6.45, 7) is 4.20. The Bertz CT molecular complexity index is 391. The van der Waals surface area contributed by atoms with Crippen molar-refractivity contribution in [3.63, 3.8) is 0 Å². The molecule has 0 radical (unpaired) electrons. The fraction of sp³-hybridized carbons (Fsp3) is 0.462. The van der Waals surface area contributed by atoms with Crippen molar-refractivity contribution in [1.82, 2.24) is 4.90 Å². The van der Waals surface area contributed by atoms with Crippen molar-refractivity contribution in [2.24, 2.45) is 0 Å². The van der Waals surface area contributed by atoms with E-state index in [4.69, 9.17) is 4.74 Å². The van der Waals surface area contributed by atoms with Crippen LogP contribution in [0, 0.1) is 0 Å². The van der Waals surface area contributed by atoms with Crippen LogP contribution in [0.3, 0.4) is 0 Å². The molecule has 1 fully saturated rings. The normalized spacial score (nSPS) is 21.1. The van der Waals surface area contributed by atoms with Crippen LogP contribution in [0.5, 0.6) is 0 Å². The second-order valence-electron chi connectivity index (χ2n) is 4.29. The number of hydrogen-bond donors (Lipinski definition) is 0. The molecule has 1 aromatic rings. The summed E-state index contributed by atoms with van der Waals surface area (Å²) < 4.78 is 6.52. The smallest absolute Gasteiger partial charge is 0.253 e. The third kappa shape index (κ3) is 3.30. The van der Waals surface area contributed by atoms with Gasteiger partial charge in [0.05, 0.1) is 6.10 Å². The number of hydrogen-bond acceptors (Lipinski definition) is 2. The molecule has 4 heteroatoms. The molecular weight excluding hydrogens is 282 g/mol. The van der Waals surface area contributed by atoms with Crippen molar-refractivity contribution in [2.75, 3.05) is 19.7 Å². The zero-order valence-electron chi connectivity index (χ0n) is 9.86. The fourth-order valence-electron chi connectivity index (χ4n) is 1.95. The summed E-state index contributed by atoms with van der Waals surface area (Å²) in [5.74, 6) is 0.0925. The molecule has 1 saturated heterocycles. The van der Waals surface area contributed by atoms with E-state index in [9.17, 15) is 4.79 Å². The van der Waals surface area contributed by atoms with Crippen LogP contribution in [0.15, 0.2) is 28.7 Å². The lowest BCUT2D eigenvalue weighted by Gasteiger charge is -2.22. The van der Waals surface area contributed by atoms with Gasteiger partial charge < -0.3 is 9.64 Å². The highest BCUT2D eigenvalue weighted by Gasteiger charge is 2.20. The standard InChI is InChI=1S/C13H16BrNO2/c1-10-9-15(7-2-8-17-10)13(16)11-3-5-12(14)6-4-11/h3-6,10H,2,7-9H2,1H3. The number of amides is 1. The molecule has 17 heavy (non-hydrogen) atoms. The highest BCUT2D eigenvalue weighted by atomic mass is 79.9. The second kappa shape index (κ2) is 5.65. The predicted octanol–water partition coefficient (Wildman–Crippen LogP) is 2.70. The van der Waals surface area contributed by atoms with Gasteiger partial charge >= 0.3 is 0 Å². The SMILES string of the molecule is CC1CN(C(=O)c2ccc(Br)cc2)CCCO1. The molecule has 0 spiro atoms. The molecule has 0 N–H and O–H groups in total. The van der Waals surface area contributed by atoms with Crippen LogP contribution < -0.4 is 0 Å². The number of halogens is 1. The van der Waals surface area contributed by atoms with Gasteiger partial charge in [0.25, 0.3) is 5.91 Å². The second-order valence-corrected chi connectivity index (χ2v) is 5.21. The van der Waals surface area contributed by atoms with Crippen LogP contribution in [-0.4, -0.2) is 36.6 Å². The molecule has 2 rings (SSSR count). The maximum atomic E-state index is 12.3. The summed E-state index contributed by atoms with van der Waals surface area (Å²) in [6.07, 6.45) is 1.03. The molecule has 0 saturated carbocycles. The molecule has 92 valence electrons. The highest BCUT2D eigenvalue weighted by molar-refractivity contribution is 9.10. The van der Waals surface area contributed by atoms with Crippen LogP contribution in [0.25, 0.3) is 0 Å². The van der Waals surface area contributed by atoms with Crippen molar-refractivity contribution in [2.45, 2.75) is 19.4 Å². The topological polar surface area (TPSA) is 29.5 Å². The lowest BCUT2D eigenvalue weighted by atomic mass is 10.2. The predicted molar refractivity (Wildman–Crippen MR) is 70.1 cm³/mol. The third-order valence-corrected chi connectivity index (χ3v) is 3.36. The van der Waals surface area contributed by atoms with Gasteiger partial charge in [0.1, 0.15) is 0 Å². The molecule has 1 unspecified atom stereocenters. The number of ether oxygens (including phenoxy) is 1. The molecule has 1 heterocycles. The summed E-state index contributed by atoms with van der Waals surface area (Å²) in [6, 6.07) is 7.49. The summed E-state index contributed by atoms with van der Waals surface area (Å²) in [5.41, 5.74) is 0.738. The lowest BCUT2D eigenvalue weighted by Crippen LogP contribution is -2.35. The van der Waals surface area contributed by atoms with E-state index < -0.39 is 0 Å². The van der Waals surface area contributed by atoms with Crippen LogP contribution in [0.2, 0.25) is 0 Å². The molecule has 0 bridgehead atoms. The molecule has 0 aromatic heterocycles. The van der Waals surface area contributed by atoms with Crippen LogP contribution in [0.4, 0.5) is 0 Å². The minimum Gasteiger partial charge on any atom is -0.377 e. The summed E-state index contributed by atoms with van der Waals surface area (Å²) in [4.78, 5) is 14.1. The first-order valence-electron chi connectivity index (χ1n) is 5.83. The minimum absolute atomic E-state index is 0.0925. The van der Waals surface area contributed by atoms with Crippen LogP contribution in [0.1, 0.15) is 23.7 Å². The number of carbonyl (C=O) groups excluding carboxylic acids is 1. The Labute approximate surface area is 110 Å². The van der Waals surface area contributed by atoms with Crippen molar-refractivity contribution < 1.29 is 9.53 Å². The quantitative estimate of drug-likeness (QED) is 0.798. The van der Waals surface area contributed by atoms with Crippen molar-refractivity contribution >= 4 is 21.8 Å². The highest BCUT2D eigenvalue weighted by Crippen LogP contribution is 2.14. The molecule has 1 aromatic carbocycles. The third-order valence-electron chi connectivity index (χ3n) is 2.83. The Morgan fingerprint density at radius 2 is 2.12 bits per heavy atom. The Balaban J connectivity index is 2.10. The van der Waals surface area contributed by atoms with E-state index in [1.807, 2.05) is 36.1 Å². The largest absolute Gasteiger partial charge is 0.377 e. The Morgan fingerprint density at radius 3 is 2.82 bits per heavy atom. The van der Waals surface area contributed by atoms with Gasteiger partial charge in [-0.15, -0.1) is 0 Å². The van der Waals surface area contributed by atoms with Gasteiger partial charge in [0.2, 0.25) is 0 Å². The number of rotatable bonds is 1. The van der Waals surface area contributed by atoms with E-state index in [0.29, 0.717) is 6.54 Å². The lowest BCUT2D eigenvalue weighted by molar-refractivity contribution is 0.0562. The summed E-state index contributed by atoms with van der Waals surface area (Å²) in [7, 11) is 0. The zero-order chi connectivity index (χ0) is 12.3. The number of carbonyl (C=O) groups is 1. The molecule has 0 aliphatic carbocycles. The van der Waals surface area contributed by atoms with E-state index in [1.165, 1.54) is 0 Å². The van der Waals surface area contributed by atoms with Crippen molar-refractivity contribution in [1.29, 1.82) is 0 Å². The van der Waals surface area contributed by atoms with E-state index in [-0.39, 0.29) is 12.0 Å². The van der Waals surface area contributed by atoms with E-state index in [0.717, 1.165) is 29.6 Å². The first kappa shape index (κ1) is 12.6. The van der Waals surface area contributed by atoms with Crippen LogP contribution in [-0.2, 0) is 4.74 Å². The Morgan fingerprint density at radius 1 is 1.41 bits per heavy atom. The molecule has 1 amide bonds. The van der Waals surface area contributed by atoms with Gasteiger partial charge in [-0.3, -0.25) is 4.79 Å². The van der Waals surface area contributed by atoms with Gasteiger partial charge in [0.15, 0.2) is 0 Å². The maximum absolute atomic E-state index is 12.3. The van der Waals surface area contributed by atoms with Gasteiger partial charge in [0, 0.05) is 29.7 Å². The first-order chi connectivity index (χ1) is 8.16. The molecular formula is C13H16BrNO2. The van der Waals surface area contributed by atoms with Gasteiger partial charge in [-0.05, 0) is 37.6 Å². The number of benzene rings is 1. The van der Waals surface area contributed by atoms with Gasteiger partial charge in [-0.25, -0.2) is 0 Å². The molecule has 1 aliphatic rings. The average molecular weight is 298 g/mol. The summed E-state index contributed by atoms with van der Waals surface area (Å²) in [5, 5.41) is 0. The number of nitrogens with zero attached hydrogens (tertiary/aromatic N) is 1. The molecule has 3 nitrogen and oxygen atoms in total. The van der Waals surface area contributed by atoms with Gasteiger partial charge in [-0.2, -0.15) is 0 Å². The average Bonchev–Trinajstić information content (AvgIpc) is 2.54. The summed E-state index contributed by atoms with van der Waals surface area (Å²) >= 11 is 3.37. The monoisotopic (exact) mass is 297 g/mol. The Kier molecular flexibility index (Phi) is 4.18. The minimum atomic E-state index is 0.0925. The van der Waals surface area contributed by atoms with E-state index in [1.54, 1.807) is 0 Å². The van der Waals surface area contributed by atoms with E-state index >= 15 is 0 Å². The first-order valence-corrected chi connectivity index (χ1v) is 6.62. The fourth-order valence-corrected chi connectivity index (χ4v) is 2.22.